The highest BCUT2D eigenvalue weighted by Crippen LogP contribution is 2.33. The van der Waals surface area contributed by atoms with Crippen LogP contribution in [-0.2, 0) is 23.8 Å². The van der Waals surface area contributed by atoms with Gasteiger partial charge >= 0.3 is 11.9 Å². The molecule has 0 aromatic heterocycles. The van der Waals surface area contributed by atoms with Crippen LogP contribution in [0.15, 0.2) is 16.9 Å². The average Bonchev–Trinajstić information content (AvgIpc) is 2.53. The van der Waals surface area contributed by atoms with Gasteiger partial charge in [-0.1, -0.05) is 25.9 Å². The topological polar surface area (TPSA) is 111 Å². The van der Waals surface area contributed by atoms with Gasteiger partial charge in [-0.2, -0.15) is 0 Å². The molecule has 0 saturated carbocycles. The summed E-state index contributed by atoms with van der Waals surface area (Å²) in [4.78, 5) is 25.5. The van der Waals surface area contributed by atoms with Crippen LogP contribution in [0, 0.1) is 17.8 Å². The van der Waals surface area contributed by atoms with Crippen molar-refractivity contribution in [3.8, 4) is 0 Å². The van der Waals surface area contributed by atoms with Crippen molar-refractivity contribution < 1.29 is 23.8 Å². The lowest BCUT2D eigenvalue weighted by atomic mass is 9.80. The Balaban J connectivity index is 2.96. The van der Waals surface area contributed by atoms with E-state index in [4.69, 9.17) is 15.0 Å². The van der Waals surface area contributed by atoms with Crippen molar-refractivity contribution in [1.82, 2.24) is 0 Å². The molecule has 0 radical (unpaired) electrons. The highest BCUT2D eigenvalue weighted by Gasteiger charge is 2.38. The zero-order valence-electron chi connectivity index (χ0n) is 14.1. The molecular formula is C15H23N3O5. The highest BCUT2D eigenvalue weighted by atomic mass is 16.6. The molecular weight excluding hydrogens is 302 g/mol. The second kappa shape index (κ2) is 8.43. The molecule has 0 aliphatic carbocycles. The van der Waals surface area contributed by atoms with E-state index < -0.39 is 12.0 Å². The summed E-state index contributed by atoms with van der Waals surface area (Å²) < 4.78 is 15.5. The summed E-state index contributed by atoms with van der Waals surface area (Å²) in [5.41, 5.74) is 8.71. The van der Waals surface area contributed by atoms with Crippen LogP contribution in [0.1, 0.15) is 27.7 Å². The zero-order valence-corrected chi connectivity index (χ0v) is 14.1. The van der Waals surface area contributed by atoms with Gasteiger partial charge in [-0.15, -0.1) is 0 Å². The van der Waals surface area contributed by atoms with E-state index in [0.29, 0.717) is 0 Å². The first-order chi connectivity index (χ1) is 10.8. The van der Waals surface area contributed by atoms with Gasteiger partial charge in [0.15, 0.2) is 0 Å². The molecule has 0 saturated heterocycles. The smallest absolute Gasteiger partial charge is 0.372 e. The fourth-order valence-corrected chi connectivity index (χ4v) is 2.52. The van der Waals surface area contributed by atoms with Crippen LogP contribution in [0.25, 0.3) is 10.4 Å². The first-order valence-electron chi connectivity index (χ1n) is 7.46. The number of esters is 2. The normalized spacial score (nSPS) is 26.0. The molecule has 0 amide bonds. The minimum Gasteiger partial charge on any atom is -0.483 e. The van der Waals surface area contributed by atoms with Crippen LogP contribution in [0.3, 0.4) is 0 Å². The number of nitrogens with zero attached hydrogens (tertiary/aromatic N) is 3. The number of carbonyl (C=O) groups excluding carboxylic acids is 2. The molecule has 1 aliphatic rings. The fraction of sp³-hybridized carbons (Fsp3) is 0.733. The van der Waals surface area contributed by atoms with Crippen LogP contribution in [-0.4, -0.2) is 37.8 Å². The summed E-state index contributed by atoms with van der Waals surface area (Å²) in [5, 5.41) is 3.73. The molecule has 0 bridgehead atoms. The molecule has 128 valence electrons. The number of carbonyl (C=O) groups is 2. The molecule has 0 fully saturated rings. The third-order valence-electron chi connectivity index (χ3n) is 4.18. The van der Waals surface area contributed by atoms with Crippen LogP contribution in [0.5, 0.6) is 0 Å². The number of hydrogen-bond acceptors (Lipinski definition) is 6. The average molecular weight is 325 g/mol. The Labute approximate surface area is 135 Å². The Bertz CT molecular complexity index is 527. The van der Waals surface area contributed by atoms with Gasteiger partial charge in [0.1, 0.15) is 6.10 Å². The predicted octanol–water partition coefficient (Wildman–Crippen LogP) is 2.59. The van der Waals surface area contributed by atoms with E-state index in [1.807, 2.05) is 20.8 Å². The maximum absolute atomic E-state index is 11.8. The molecule has 8 heteroatoms. The number of ether oxygens (including phenoxy) is 3. The molecule has 23 heavy (non-hydrogen) atoms. The van der Waals surface area contributed by atoms with Crippen molar-refractivity contribution in [3.05, 3.63) is 22.3 Å². The van der Waals surface area contributed by atoms with Crippen molar-refractivity contribution in [3.63, 3.8) is 0 Å². The summed E-state index contributed by atoms with van der Waals surface area (Å²) in [6.45, 7) is 7.38. The standard InChI is InChI=1S/C15H23N3O5/c1-8(7-22-11(4)19)9(2)14-10(3)12(17-18-16)6-13(23-14)15(20)21-5/h6,8-10,12,14H,7H2,1-5H3/t8-,9-,10-,12+,14+/m1/s1. The van der Waals surface area contributed by atoms with Crippen LogP contribution in [0.4, 0.5) is 0 Å². The monoisotopic (exact) mass is 325 g/mol. The van der Waals surface area contributed by atoms with Crippen molar-refractivity contribution in [2.75, 3.05) is 13.7 Å². The molecule has 0 spiro atoms. The van der Waals surface area contributed by atoms with Gasteiger partial charge in [-0.05, 0) is 23.4 Å². The largest absolute Gasteiger partial charge is 0.483 e. The number of methoxy groups -OCH3 is 1. The molecule has 0 aromatic rings. The summed E-state index contributed by atoms with van der Waals surface area (Å²) in [5.74, 6) is -1.07. The van der Waals surface area contributed by atoms with Crippen LogP contribution in [0.2, 0.25) is 0 Å². The van der Waals surface area contributed by atoms with Gasteiger partial charge in [0.25, 0.3) is 0 Å². The van der Waals surface area contributed by atoms with Gasteiger partial charge in [0.05, 0.1) is 19.8 Å². The fourth-order valence-electron chi connectivity index (χ4n) is 2.52. The van der Waals surface area contributed by atoms with E-state index in [1.54, 1.807) is 0 Å². The van der Waals surface area contributed by atoms with Gasteiger partial charge in [0, 0.05) is 17.8 Å². The Morgan fingerprint density at radius 2 is 2.13 bits per heavy atom. The van der Waals surface area contributed by atoms with Crippen LogP contribution >= 0.6 is 0 Å². The Kier molecular flexibility index (Phi) is 6.90. The maximum atomic E-state index is 11.8. The molecule has 8 nitrogen and oxygen atoms in total. The number of rotatable bonds is 6. The Hall–Kier alpha value is -2.21. The van der Waals surface area contributed by atoms with E-state index >= 15 is 0 Å². The molecule has 0 unspecified atom stereocenters. The molecule has 1 heterocycles. The van der Waals surface area contributed by atoms with Crippen molar-refractivity contribution >= 4 is 11.9 Å². The maximum Gasteiger partial charge on any atom is 0.372 e. The van der Waals surface area contributed by atoms with E-state index in [1.165, 1.54) is 20.1 Å². The minimum atomic E-state index is -0.611. The lowest BCUT2D eigenvalue weighted by molar-refractivity contribution is -0.145. The van der Waals surface area contributed by atoms with Gasteiger partial charge < -0.3 is 14.2 Å². The lowest BCUT2D eigenvalue weighted by Gasteiger charge is -2.38. The Morgan fingerprint density at radius 3 is 2.65 bits per heavy atom. The first kappa shape index (κ1) is 18.8. The molecule has 5 atom stereocenters. The van der Waals surface area contributed by atoms with E-state index in [2.05, 4.69) is 14.8 Å². The predicted molar refractivity (Wildman–Crippen MR) is 82.0 cm³/mol. The summed E-state index contributed by atoms with van der Waals surface area (Å²) in [6.07, 6.45) is 1.12. The summed E-state index contributed by atoms with van der Waals surface area (Å²) in [6, 6.07) is -0.503. The summed E-state index contributed by atoms with van der Waals surface area (Å²) in [7, 11) is 1.26. The second-order valence-corrected chi connectivity index (χ2v) is 5.80. The highest BCUT2D eigenvalue weighted by molar-refractivity contribution is 5.86. The molecule has 1 rings (SSSR count). The molecule has 1 aliphatic heterocycles. The first-order valence-corrected chi connectivity index (χ1v) is 7.46. The van der Waals surface area contributed by atoms with Crippen molar-refractivity contribution in [2.45, 2.75) is 39.8 Å². The number of hydrogen-bond donors (Lipinski definition) is 0. The van der Waals surface area contributed by atoms with E-state index in [9.17, 15) is 9.59 Å². The zero-order chi connectivity index (χ0) is 17.6. The van der Waals surface area contributed by atoms with E-state index in [-0.39, 0.29) is 42.2 Å². The third kappa shape index (κ3) is 4.89. The molecule has 0 N–H and O–H groups in total. The van der Waals surface area contributed by atoms with Gasteiger partial charge in [-0.25, -0.2) is 4.79 Å². The number of azide groups is 1. The van der Waals surface area contributed by atoms with Crippen LogP contribution < -0.4 is 0 Å². The van der Waals surface area contributed by atoms with Crippen molar-refractivity contribution in [2.24, 2.45) is 22.9 Å². The van der Waals surface area contributed by atoms with Gasteiger partial charge in [0.2, 0.25) is 5.76 Å². The third-order valence-corrected chi connectivity index (χ3v) is 4.18. The molecule has 0 aromatic carbocycles. The summed E-state index contributed by atoms with van der Waals surface area (Å²) >= 11 is 0. The quantitative estimate of drug-likeness (QED) is 0.322. The van der Waals surface area contributed by atoms with E-state index in [0.717, 1.165) is 0 Å². The second-order valence-electron chi connectivity index (χ2n) is 5.80. The lowest BCUT2D eigenvalue weighted by Crippen LogP contribution is -2.42. The Morgan fingerprint density at radius 1 is 1.48 bits per heavy atom. The minimum absolute atomic E-state index is 0.00932. The SMILES string of the molecule is COC(=O)C1=C[C@H](N=[N+]=[N-])[C@@H](C)[C@H]([C@H](C)[C@H](C)COC(C)=O)O1. The van der Waals surface area contributed by atoms with Gasteiger partial charge in [-0.3, -0.25) is 4.79 Å². The van der Waals surface area contributed by atoms with Crippen molar-refractivity contribution in [1.29, 1.82) is 0 Å².